The first kappa shape index (κ1) is 16.7. The van der Waals surface area contributed by atoms with Gasteiger partial charge in [0.2, 0.25) is 5.91 Å². The molecule has 1 amide bonds. The number of amides is 1. The Kier molecular flexibility index (Phi) is 6.62. The average molecular weight is 336 g/mol. The van der Waals surface area contributed by atoms with Crippen LogP contribution in [0.15, 0.2) is 53.4 Å². The quantitative estimate of drug-likeness (QED) is 0.734. The number of benzene rings is 2. The lowest BCUT2D eigenvalue weighted by Crippen LogP contribution is -2.15. The fourth-order valence-corrected chi connectivity index (χ4v) is 2.84. The van der Waals surface area contributed by atoms with E-state index < -0.39 is 0 Å². The molecule has 116 valence electrons. The maximum atomic E-state index is 12.1. The summed E-state index contributed by atoms with van der Waals surface area (Å²) < 4.78 is 5.63. The lowest BCUT2D eigenvalue weighted by molar-refractivity contribution is -0.113. The van der Waals surface area contributed by atoms with Crippen LogP contribution in [-0.4, -0.2) is 18.3 Å². The Bertz CT molecular complexity index is 634. The van der Waals surface area contributed by atoms with Crippen LogP contribution in [0.1, 0.15) is 13.3 Å². The summed E-state index contributed by atoms with van der Waals surface area (Å²) in [4.78, 5) is 13.0. The van der Waals surface area contributed by atoms with E-state index in [0.29, 0.717) is 28.8 Å². The third kappa shape index (κ3) is 4.97. The maximum Gasteiger partial charge on any atom is 0.234 e. The van der Waals surface area contributed by atoms with Crippen LogP contribution in [-0.2, 0) is 4.79 Å². The molecule has 2 aromatic rings. The number of rotatable bonds is 7. The predicted molar refractivity (Wildman–Crippen MR) is 93.0 cm³/mol. The predicted octanol–water partition coefficient (Wildman–Crippen LogP) is 4.86. The zero-order valence-corrected chi connectivity index (χ0v) is 13.9. The minimum absolute atomic E-state index is 0.0857. The van der Waals surface area contributed by atoms with Crippen LogP contribution in [0, 0.1) is 0 Å². The number of halogens is 1. The molecular weight excluding hydrogens is 318 g/mol. The minimum Gasteiger partial charge on any atom is -0.491 e. The molecule has 0 radical (unpaired) electrons. The molecule has 5 heteroatoms. The van der Waals surface area contributed by atoms with E-state index in [1.807, 2.05) is 55.5 Å². The van der Waals surface area contributed by atoms with Crippen molar-refractivity contribution in [2.75, 3.05) is 17.7 Å². The van der Waals surface area contributed by atoms with Crippen molar-refractivity contribution >= 4 is 35.0 Å². The highest BCUT2D eigenvalue weighted by molar-refractivity contribution is 8.00. The van der Waals surface area contributed by atoms with Gasteiger partial charge in [-0.1, -0.05) is 42.8 Å². The van der Waals surface area contributed by atoms with E-state index in [1.165, 1.54) is 11.8 Å². The SMILES string of the molecule is CCCOc1ccccc1NC(=O)CSc1ccccc1Cl. The van der Waals surface area contributed by atoms with Crippen LogP contribution >= 0.6 is 23.4 Å². The van der Waals surface area contributed by atoms with E-state index in [0.717, 1.165) is 11.3 Å². The summed E-state index contributed by atoms with van der Waals surface area (Å²) in [5, 5.41) is 3.54. The smallest absolute Gasteiger partial charge is 0.234 e. The van der Waals surface area contributed by atoms with E-state index in [1.54, 1.807) is 0 Å². The van der Waals surface area contributed by atoms with Gasteiger partial charge in [-0.05, 0) is 30.7 Å². The number of anilines is 1. The Morgan fingerprint density at radius 2 is 1.91 bits per heavy atom. The molecule has 1 N–H and O–H groups in total. The second-order valence-corrected chi connectivity index (χ2v) is 6.04. The second kappa shape index (κ2) is 8.71. The fourth-order valence-electron chi connectivity index (χ4n) is 1.80. The van der Waals surface area contributed by atoms with E-state index in [2.05, 4.69) is 5.32 Å². The highest BCUT2D eigenvalue weighted by atomic mass is 35.5. The molecule has 0 saturated carbocycles. The van der Waals surface area contributed by atoms with Crippen molar-refractivity contribution in [1.82, 2.24) is 0 Å². The molecule has 0 fully saturated rings. The van der Waals surface area contributed by atoms with Crippen LogP contribution in [0.3, 0.4) is 0 Å². The van der Waals surface area contributed by atoms with Crippen molar-refractivity contribution in [2.24, 2.45) is 0 Å². The highest BCUT2D eigenvalue weighted by Crippen LogP contribution is 2.28. The zero-order chi connectivity index (χ0) is 15.8. The van der Waals surface area contributed by atoms with Crippen molar-refractivity contribution in [3.8, 4) is 5.75 Å². The van der Waals surface area contributed by atoms with Gasteiger partial charge in [0, 0.05) is 4.90 Å². The fraction of sp³-hybridized carbons (Fsp3) is 0.235. The van der Waals surface area contributed by atoms with Crippen LogP contribution in [0.2, 0.25) is 5.02 Å². The van der Waals surface area contributed by atoms with E-state index in [9.17, 15) is 4.79 Å². The second-order valence-electron chi connectivity index (χ2n) is 4.61. The van der Waals surface area contributed by atoms with Gasteiger partial charge in [-0.15, -0.1) is 11.8 Å². The minimum atomic E-state index is -0.0857. The normalized spacial score (nSPS) is 10.3. The molecule has 0 aromatic heterocycles. The van der Waals surface area contributed by atoms with Crippen molar-refractivity contribution in [3.63, 3.8) is 0 Å². The molecule has 0 atom stereocenters. The van der Waals surface area contributed by atoms with Gasteiger partial charge < -0.3 is 10.1 Å². The summed E-state index contributed by atoms with van der Waals surface area (Å²) in [5.74, 6) is 0.907. The maximum absolute atomic E-state index is 12.1. The van der Waals surface area contributed by atoms with Gasteiger partial charge >= 0.3 is 0 Å². The molecule has 0 saturated heterocycles. The number of para-hydroxylation sites is 2. The molecule has 2 rings (SSSR count). The Labute approximate surface area is 140 Å². The molecule has 0 bridgehead atoms. The van der Waals surface area contributed by atoms with Gasteiger partial charge in [0.15, 0.2) is 0 Å². The Balaban J connectivity index is 1.93. The first-order chi connectivity index (χ1) is 10.7. The summed E-state index contributed by atoms with van der Waals surface area (Å²) in [5.41, 5.74) is 0.695. The summed E-state index contributed by atoms with van der Waals surface area (Å²) in [6, 6.07) is 14.9. The number of nitrogens with one attached hydrogen (secondary N) is 1. The lowest BCUT2D eigenvalue weighted by Gasteiger charge is -2.12. The molecule has 0 spiro atoms. The van der Waals surface area contributed by atoms with E-state index >= 15 is 0 Å². The number of hydrogen-bond acceptors (Lipinski definition) is 3. The molecule has 0 heterocycles. The van der Waals surface area contributed by atoms with Gasteiger partial charge in [0.1, 0.15) is 5.75 Å². The number of ether oxygens (including phenoxy) is 1. The summed E-state index contributed by atoms with van der Waals surface area (Å²) in [6.45, 7) is 2.67. The standard InChI is InChI=1S/C17H18ClNO2S/c1-2-11-21-15-9-5-4-8-14(15)19-17(20)12-22-16-10-6-3-7-13(16)18/h3-10H,2,11-12H2,1H3,(H,19,20). The monoisotopic (exact) mass is 335 g/mol. The summed E-state index contributed by atoms with van der Waals surface area (Å²) in [7, 11) is 0. The van der Waals surface area contributed by atoms with Crippen molar-refractivity contribution in [1.29, 1.82) is 0 Å². The molecule has 0 aliphatic carbocycles. The molecule has 22 heavy (non-hydrogen) atoms. The Hall–Kier alpha value is -1.65. The first-order valence-electron chi connectivity index (χ1n) is 7.09. The molecule has 0 unspecified atom stereocenters. The van der Waals surface area contributed by atoms with Crippen molar-refractivity contribution in [3.05, 3.63) is 53.6 Å². The average Bonchev–Trinajstić information content (AvgIpc) is 2.53. The van der Waals surface area contributed by atoms with Gasteiger partial charge in [0.25, 0.3) is 0 Å². The molecule has 2 aromatic carbocycles. The molecular formula is C17H18ClNO2S. The third-order valence-corrected chi connectivity index (χ3v) is 4.33. The summed E-state index contributed by atoms with van der Waals surface area (Å²) >= 11 is 7.49. The molecule has 0 aliphatic rings. The Morgan fingerprint density at radius 3 is 2.68 bits per heavy atom. The van der Waals surface area contributed by atoms with Gasteiger partial charge in [-0.25, -0.2) is 0 Å². The van der Waals surface area contributed by atoms with Crippen LogP contribution < -0.4 is 10.1 Å². The topological polar surface area (TPSA) is 38.3 Å². The van der Waals surface area contributed by atoms with Crippen LogP contribution in [0.4, 0.5) is 5.69 Å². The van der Waals surface area contributed by atoms with E-state index in [-0.39, 0.29) is 5.91 Å². The highest BCUT2D eigenvalue weighted by Gasteiger charge is 2.09. The number of carbonyl (C=O) groups is 1. The van der Waals surface area contributed by atoms with Gasteiger partial charge in [0.05, 0.1) is 23.1 Å². The summed E-state index contributed by atoms with van der Waals surface area (Å²) in [6.07, 6.45) is 0.921. The van der Waals surface area contributed by atoms with Crippen molar-refractivity contribution < 1.29 is 9.53 Å². The first-order valence-corrected chi connectivity index (χ1v) is 8.46. The largest absolute Gasteiger partial charge is 0.491 e. The van der Waals surface area contributed by atoms with Crippen LogP contribution in [0.25, 0.3) is 0 Å². The van der Waals surface area contributed by atoms with Crippen molar-refractivity contribution in [2.45, 2.75) is 18.2 Å². The number of hydrogen-bond donors (Lipinski definition) is 1. The van der Waals surface area contributed by atoms with Gasteiger partial charge in [-0.2, -0.15) is 0 Å². The lowest BCUT2D eigenvalue weighted by atomic mass is 10.3. The number of carbonyl (C=O) groups excluding carboxylic acids is 1. The molecule has 3 nitrogen and oxygen atoms in total. The zero-order valence-electron chi connectivity index (χ0n) is 12.3. The third-order valence-electron chi connectivity index (χ3n) is 2.82. The van der Waals surface area contributed by atoms with Gasteiger partial charge in [-0.3, -0.25) is 4.79 Å². The molecule has 0 aliphatic heterocycles. The number of thioether (sulfide) groups is 1. The Morgan fingerprint density at radius 1 is 1.18 bits per heavy atom. The van der Waals surface area contributed by atoms with Crippen LogP contribution in [0.5, 0.6) is 5.75 Å². The van der Waals surface area contributed by atoms with E-state index in [4.69, 9.17) is 16.3 Å².